The van der Waals surface area contributed by atoms with Gasteiger partial charge in [0, 0.05) is 34.4 Å². The van der Waals surface area contributed by atoms with Gasteiger partial charge in [0.2, 0.25) is 5.91 Å². The fraction of sp³-hybridized carbons (Fsp3) is 0.0870. The molecule has 10 heteroatoms. The average molecular weight is 480 g/mol. The summed E-state index contributed by atoms with van der Waals surface area (Å²) < 4.78 is 6.55. The topological polar surface area (TPSA) is 99.0 Å². The van der Waals surface area contributed by atoms with Gasteiger partial charge in [-0.15, -0.1) is 10.2 Å². The maximum Gasteiger partial charge on any atom is 0.337 e. The molecule has 0 aliphatic heterocycles. The van der Waals surface area contributed by atoms with Gasteiger partial charge in [0.1, 0.15) is 0 Å². The molecule has 0 spiro atoms. The number of hydrogen-bond acceptors (Lipinski definition) is 7. The lowest BCUT2D eigenvalue weighted by Gasteiger charge is -2.11. The first-order chi connectivity index (χ1) is 16.0. The molecule has 33 heavy (non-hydrogen) atoms. The third-order valence-electron chi connectivity index (χ3n) is 4.58. The summed E-state index contributed by atoms with van der Waals surface area (Å²) in [6.07, 6.45) is 3.36. The van der Waals surface area contributed by atoms with E-state index >= 15 is 0 Å². The minimum absolute atomic E-state index is 0.112. The molecule has 0 bridgehead atoms. The van der Waals surface area contributed by atoms with Crippen LogP contribution in [0.2, 0.25) is 5.02 Å². The highest BCUT2D eigenvalue weighted by Crippen LogP contribution is 2.28. The number of halogens is 1. The first-order valence-corrected chi connectivity index (χ1v) is 11.1. The van der Waals surface area contributed by atoms with Gasteiger partial charge in [-0.1, -0.05) is 23.4 Å². The Morgan fingerprint density at radius 3 is 2.36 bits per heavy atom. The molecule has 1 amide bonds. The Morgan fingerprint density at radius 2 is 1.70 bits per heavy atom. The molecule has 2 aromatic heterocycles. The first kappa shape index (κ1) is 22.5. The Morgan fingerprint density at radius 1 is 1.00 bits per heavy atom. The zero-order chi connectivity index (χ0) is 23.2. The van der Waals surface area contributed by atoms with Crippen molar-refractivity contribution in [3.63, 3.8) is 0 Å². The third kappa shape index (κ3) is 5.39. The Balaban J connectivity index is 1.52. The minimum Gasteiger partial charge on any atom is -0.465 e. The average Bonchev–Trinajstić information content (AvgIpc) is 3.28. The molecule has 0 atom stereocenters. The molecule has 0 aliphatic carbocycles. The highest BCUT2D eigenvalue weighted by atomic mass is 35.5. The number of aromatic nitrogens is 4. The molecular formula is C23H18ClN5O3S. The number of nitrogens with zero attached hydrogens (tertiary/aromatic N) is 4. The van der Waals surface area contributed by atoms with Crippen LogP contribution in [0.15, 0.2) is 78.2 Å². The number of esters is 1. The molecule has 8 nitrogen and oxygen atoms in total. The van der Waals surface area contributed by atoms with Crippen LogP contribution >= 0.6 is 23.4 Å². The number of carbonyl (C=O) groups excluding carboxylic acids is 2. The van der Waals surface area contributed by atoms with Gasteiger partial charge in [-0.2, -0.15) is 0 Å². The number of methoxy groups -OCH3 is 1. The van der Waals surface area contributed by atoms with E-state index in [1.165, 1.54) is 18.9 Å². The lowest BCUT2D eigenvalue weighted by atomic mass is 10.2. The number of benzene rings is 2. The molecular weight excluding hydrogens is 462 g/mol. The largest absolute Gasteiger partial charge is 0.465 e. The van der Waals surface area contributed by atoms with Crippen LogP contribution in [-0.4, -0.2) is 44.5 Å². The monoisotopic (exact) mass is 479 g/mol. The van der Waals surface area contributed by atoms with Crippen molar-refractivity contribution in [1.29, 1.82) is 0 Å². The summed E-state index contributed by atoms with van der Waals surface area (Å²) in [7, 11) is 1.32. The number of amides is 1. The van der Waals surface area contributed by atoms with Gasteiger partial charge in [0.25, 0.3) is 0 Å². The van der Waals surface area contributed by atoms with Gasteiger partial charge in [-0.3, -0.25) is 14.3 Å². The van der Waals surface area contributed by atoms with Gasteiger partial charge >= 0.3 is 5.97 Å². The maximum absolute atomic E-state index is 12.5. The highest BCUT2D eigenvalue weighted by Gasteiger charge is 2.17. The number of pyridine rings is 1. The quantitative estimate of drug-likeness (QED) is 0.307. The van der Waals surface area contributed by atoms with Gasteiger partial charge in [-0.05, 0) is 60.7 Å². The normalized spacial score (nSPS) is 10.6. The molecule has 0 aliphatic rings. The number of thioether (sulfide) groups is 1. The van der Waals surface area contributed by atoms with Crippen molar-refractivity contribution in [2.24, 2.45) is 0 Å². The van der Waals surface area contributed by atoms with Crippen LogP contribution in [0.5, 0.6) is 0 Å². The zero-order valence-corrected chi connectivity index (χ0v) is 19.0. The van der Waals surface area contributed by atoms with Crippen molar-refractivity contribution in [2.75, 3.05) is 18.2 Å². The van der Waals surface area contributed by atoms with E-state index in [0.29, 0.717) is 27.3 Å². The summed E-state index contributed by atoms with van der Waals surface area (Å²) in [5, 5.41) is 12.6. The van der Waals surface area contributed by atoms with Crippen molar-refractivity contribution in [3.05, 3.63) is 83.6 Å². The number of carbonyl (C=O) groups is 2. The van der Waals surface area contributed by atoms with E-state index in [4.69, 9.17) is 11.6 Å². The Kier molecular flexibility index (Phi) is 7.01. The molecule has 166 valence electrons. The molecule has 0 unspecified atom stereocenters. The van der Waals surface area contributed by atoms with Gasteiger partial charge in [0.05, 0.1) is 18.4 Å². The smallest absolute Gasteiger partial charge is 0.337 e. The van der Waals surface area contributed by atoms with Crippen LogP contribution in [0, 0.1) is 0 Å². The standard InChI is InChI=1S/C23H18ClN5O3S/c1-32-22(31)16-2-6-18(7-3-16)26-20(30)14-33-23-28-27-21(15-10-12-25-13-11-15)29(23)19-8-4-17(24)5-9-19/h2-13H,14H2,1H3,(H,26,30). The summed E-state index contributed by atoms with van der Waals surface area (Å²) in [6.45, 7) is 0. The summed E-state index contributed by atoms with van der Waals surface area (Å²) in [6, 6.07) is 17.5. The van der Waals surface area contributed by atoms with Crippen LogP contribution in [0.25, 0.3) is 17.1 Å². The SMILES string of the molecule is COC(=O)c1ccc(NC(=O)CSc2nnc(-c3ccncc3)n2-c2ccc(Cl)cc2)cc1. The van der Waals surface area contributed by atoms with Crippen molar-refractivity contribution in [3.8, 4) is 17.1 Å². The fourth-order valence-corrected chi connectivity index (χ4v) is 3.89. The maximum atomic E-state index is 12.5. The van der Waals surface area contributed by atoms with E-state index in [-0.39, 0.29) is 11.7 Å². The first-order valence-electron chi connectivity index (χ1n) is 9.78. The Labute approximate surface area is 199 Å². The molecule has 2 aromatic carbocycles. The van der Waals surface area contributed by atoms with Crippen LogP contribution in [0.4, 0.5) is 5.69 Å². The Bertz CT molecular complexity index is 1260. The highest BCUT2D eigenvalue weighted by molar-refractivity contribution is 7.99. The minimum atomic E-state index is -0.435. The van der Waals surface area contributed by atoms with Crippen molar-refractivity contribution in [1.82, 2.24) is 19.7 Å². The van der Waals surface area contributed by atoms with E-state index in [0.717, 1.165) is 11.3 Å². The summed E-state index contributed by atoms with van der Waals surface area (Å²) >= 11 is 7.31. The van der Waals surface area contributed by atoms with Crippen LogP contribution in [0.1, 0.15) is 10.4 Å². The van der Waals surface area contributed by atoms with E-state index in [9.17, 15) is 9.59 Å². The number of hydrogen-bond donors (Lipinski definition) is 1. The van der Waals surface area contributed by atoms with Crippen LogP contribution in [-0.2, 0) is 9.53 Å². The second kappa shape index (κ2) is 10.3. The van der Waals surface area contributed by atoms with Gasteiger partial charge in [0.15, 0.2) is 11.0 Å². The summed E-state index contributed by atoms with van der Waals surface area (Å²) in [4.78, 5) is 28.1. The number of nitrogens with one attached hydrogen (secondary N) is 1. The molecule has 1 N–H and O–H groups in total. The fourth-order valence-electron chi connectivity index (χ4n) is 3.01. The van der Waals surface area contributed by atoms with Crippen LogP contribution in [0.3, 0.4) is 0 Å². The van der Waals surface area contributed by atoms with E-state index in [1.54, 1.807) is 48.8 Å². The molecule has 0 fully saturated rings. The number of ether oxygens (including phenoxy) is 1. The van der Waals surface area contributed by atoms with E-state index in [2.05, 4.69) is 25.2 Å². The third-order valence-corrected chi connectivity index (χ3v) is 5.76. The number of rotatable bonds is 7. The Hall–Kier alpha value is -3.69. The predicted octanol–water partition coefficient (Wildman–Crippen LogP) is 4.50. The number of anilines is 1. The summed E-state index contributed by atoms with van der Waals surface area (Å²) in [5.41, 5.74) is 2.64. The van der Waals surface area contributed by atoms with Crippen molar-refractivity contribution >= 4 is 40.9 Å². The molecule has 0 radical (unpaired) electrons. The lowest BCUT2D eigenvalue weighted by molar-refractivity contribution is -0.113. The zero-order valence-electron chi connectivity index (χ0n) is 17.4. The molecule has 2 heterocycles. The second-order valence-electron chi connectivity index (χ2n) is 6.76. The molecule has 0 saturated carbocycles. The lowest BCUT2D eigenvalue weighted by Crippen LogP contribution is -2.14. The molecule has 4 rings (SSSR count). The van der Waals surface area contributed by atoms with Crippen molar-refractivity contribution < 1.29 is 14.3 Å². The van der Waals surface area contributed by atoms with E-state index < -0.39 is 5.97 Å². The predicted molar refractivity (Wildman–Crippen MR) is 127 cm³/mol. The van der Waals surface area contributed by atoms with Gasteiger partial charge < -0.3 is 10.1 Å². The summed E-state index contributed by atoms with van der Waals surface area (Å²) in [5.74, 6) is 0.0822. The van der Waals surface area contributed by atoms with Gasteiger partial charge in [-0.25, -0.2) is 4.79 Å². The second-order valence-corrected chi connectivity index (χ2v) is 8.14. The van der Waals surface area contributed by atoms with E-state index in [1.807, 2.05) is 28.8 Å². The molecule has 0 saturated heterocycles. The van der Waals surface area contributed by atoms with Crippen molar-refractivity contribution in [2.45, 2.75) is 5.16 Å². The van der Waals surface area contributed by atoms with Crippen LogP contribution < -0.4 is 5.32 Å². The molecule has 4 aromatic rings.